The van der Waals surface area contributed by atoms with Crippen LogP contribution in [0.3, 0.4) is 0 Å². The Bertz CT molecular complexity index is 639. The maximum atomic E-state index is 12.2. The topological polar surface area (TPSA) is 56.3 Å². The number of hydrogen-bond acceptors (Lipinski definition) is 4. The van der Waals surface area contributed by atoms with E-state index in [-0.39, 0.29) is 10.8 Å². The smallest absolute Gasteiger partial charge is 0.199 e. The van der Waals surface area contributed by atoms with E-state index in [4.69, 9.17) is 4.74 Å². The zero-order valence-corrected chi connectivity index (χ0v) is 11.4. The van der Waals surface area contributed by atoms with Gasteiger partial charge in [0.15, 0.2) is 14.9 Å². The number of pyridine rings is 1. The zero-order valence-electron chi connectivity index (χ0n) is 10.6. The Morgan fingerprint density at radius 3 is 2.53 bits per heavy atom. The number of aromatic nitrogens is 1. The molecule has 0 fully saturated rings. The van der Waals surface area contributed by atoms with Crippen LogP contribution < -0.4 is 4.74 Å². The minimum Gasteiger partial charge on any atom is -0.494 e. The van der Waals surface area contributed by atoms with E-state index < -0.39 is 9.84 Å². The van der Waals surface area contributed by atoms with E-state index in [2.05, 4.69) is 4.98 Å². The summed E-state index contributed by atoms with van der Waals surface area (Å²) in [5.74, 6) is 0.490. The van der Waals surface area contributed by atoms with Gasteiger partial charge in [-0.1, -0.05) is 24.3 Å². The molecule has 2 rings (SSSR count). The highest BCUT2D eigenvalue weighted by Crippen LogP contribution is 2.22. The van der Waals surface area contributed by atoms with E-state index in [1.807, 2.05) is 13.0 Å². The van der Waals surface area contributed by atoms with Crippen molar-refractivity contribution in [3.8, 4) is 5.75 Å². The molecule has 0 bridgehead atoms. The summed E-state index contributed by atoms with van der Waals surface area (Å²) in [6.45, 7) is 2.37. The number of para-hydroxylation sites is 1. The van der Waals surface area contributed by atoms with E-state index >= 15 is 0 Å². The first-order chi connectivity index (χ1) is 9.13. The van der Waals surface area contributed by atoms with Crippen molar-refractivity contribution in [3.05, 3.63) is 54.2 Å². The third-order valence-corrected chi connectivity index (χ3v) is 4.14. The lowest BCUT2D eigenvalue weighted by Crippen LogP contribution is -2.08. The van der Waals surface area contributed by atoms with Gasteiger partial charge in [0.05, 0.1) is 12.4 Å². The summed E-state index contributed by atoms with van der Waals surface area (Å²) in [5, 5.41) is 0.0845. The molecule has 1 aromatic carbocycles. The van der Waals surface area contributed by atoms with Crippen LogP contribution in [-0.2, 0) is 15.6 Å². The summed E-state index contributed by atoms with van der Waals surface area (Å²) < 4.78 is 29.9. The van der Waals surface area contributed by atoms with Crippen molar-refractivity contribution < 1.29 is 13.2 Å². The molecule has 19 heavy (non-hydrogen) atoms. The molecule has 0 saturated heterocycles. The molecule has 0 aliphatic carbocycles. The van der Waals surface area contributed by atoms with Gasteiger partial charge >= 0.3 is 0 Å². The fraction of sp³-hybridized carbons (Fsp3) is 0.214. The van der Waals surface area contributed by atoms with Crippen LogP contribution in [0.5, 0.6) is 5.75 Å². The second-order valence-electron chi connectivity index (χ2n) is 3.97. The van der Waals surface area contributed by atoms with Crippen molar-refractivity contribution in [3.63, 3.8) is 0 Å². The first-order valence-electron chi connectivity index (χ1n) is 5.98. The average molecular weight is 277 g/mol. The predicted octanol–water partition coefficient (Wildman–Crippen LogP) is 2.45. The van der Waals surface area contributed by atoms with Gasteiger partial charge in [0.25, 0.3) is 0 Å². The predicted molar refractivity (Wildman–Crippen MR) is 72.7 cm³/mol. The lowest BCUT2D eigenvalue weighted by Gasteiger charge is -2.10. The van der Waals surface area contributed by atoms with Crippen LogP contribution in [0.15, 0.2) is 53.7 Å². The Kier molecular flexibility index (Phi) is 4.16. The molecular weight excluding hydrogens is 262 g/mol. The van der Waals surface area contributed by atoms with Crippen molar-refractivity contribution in [1.29, 1.82) is 0 Å². The van der Waals surface area contributed by atoms with Gasteiger partial charge in [-0.2, -0.15) is 0 Å². The lowest BCUT2D eigenvalue weighted by atomic mass is 10.2. The molecule has 0 spiro atoms. The van der Waals surface area contributed by atoms with Crippen LogP contribution in [0, 0.1) is 0 Å². The lowest BCUT2D eigenvalue weighted by molar-refractivity contribution is 0.337. The Labute approximate surface area is 113 Å². The van der Waals surface area contributed by atoms with E-state index in [0.29, 0.717) is 17.9 Å². The van der Waals surface area contributed by atoms with Gasteiger partial charge in [-0.15, -0.1) is 0 Å². The third kappa shape index (κ3) is 3.32. The molecule has 0 amide bonds. The fourth-order valence-electron chi connectivity index (χ4n) is 1.73. The van der Waals surface area contributed by atoms with Crippen molar-refractivity contribution in [1.82, 2.24) is 4.98 Å². The molecule has 4 nitrogen and oxygen atoms in total. The molecule has 0 unspecified atom stereocenters. The quantitative estimate of drug-likeness (QED) is 0.842. The largest absolute Gasteiger partial charge is 0.494 e. The van der Waals surface area contributed by atoms with Gasteiger partial charge in [0.2, 0.25) is 0 Å². The van der Waals surface area contributed by atoms with Gasteiger partial charge in [-0.3, -0.25) is 0 Å². The monoisotopic (exact) mass is 277 g/mol. The SMILES string of the molecule is CCOc1ccccc1CS(=O)(=O)c1ccccn1. The molecule has 0 saturated carbocycles. The fourth-order valence-corrected chi connectivity index (χ4v) is 3.03. The highest BCUT2D eigenvalue weighted by molar-refractivity contribution is 7.90. The average Bonchev–Trinajstić information content (AvgIpc) is 2.42. The van der Waals surface area contributed by atoms with Crippen molar-refractivity contribution in [2.24, 2.45) is 0 Å². The van der Waals surface area contributed by atoms with Crippen molar-refractivity contribution >= 4 is 9.84 Å². The van der Waals surface area contributed by atoms with Gasteiger partial charge in [-0.05, 0) is 25.1 Å². The van der Waals surface area contributed by atoms with Gasteiger partial charge in [0.1, 0.15) is 5.75 Å². The van der Waals surface area contributed by atoms with Crippen molar-refractivity contribution in [2.45, 2.75) is 17.7 Å². The number of ether oxygens (including phenoxy) is 1. The van der Waals surface area contributed by atoms with E-state index in [0.717, 1.165) is 0 Å². The molecule has 1 heterocycles. The Balaban J connectivity index is 2.31. The molecule has 2 aromatic rings. The summed E-state index contributed by atoms with van der Waals surface area (Å²) >= 11 is 0. The summed E-state index contributed by atoms with van der Waals surface area (Å²) in [7, 11) is -3.45. The van der Waals surface area contributed by atoms with Gasteiger partial charge in [-0.25, -0.2) is 13.4 Å². The summed E-state index contributed by atoms with van der Waals surface area (Å²) in [5.41, 5.74) is 0.648. The van der Waals surface area contributed by atoms with Crippen LogP contribution >= 0.6 is 0 Å². The second kappa shape index (κ2) is 5.84. The summed E-state index contributed by atoms with van der Waals surface area (Å²) in [4.78, 5) is 3.89. The molecule has 100 valence electrons. The van der Waals surface area contributed by atoms with E-state index in [9.17, 15) is 8.42 Å². The van der Waals surface area contributed by atoms with Gasteiger partial charge < -0.3 is 4.74 Å². The molecule has 0 aliphatic heterocycles. The summed E-state index contributed by atoms with van der Waals surface area (Å²) in [6.07, 6.45) is 1.47. The number of hydrogen-bond donors (Lipinski definition) is 0. The van der Waals surface area contributed by atoms with E-state index in [1.54, 1.807) is 30.3 Å². The maximum absolute atomic E-state index is 12.2. The first-order valence-corrected chi connectivity index (χ1v) is 7.63. The number of sulfone groups is 1. The minimum atomic E-state index is -3.45. The Hall–Kier alpha value is -1.88. The molecule has 0 atom stereocenters. The number of rotatable bonds is 5. The molecule has 0 N–H and O–H groups in total. The molecular formula is C14H15NO3S. The Morgan fingerprint density at radius 2 is 1.84 bits per heavy atom. The standard InChI is InChI=1S/C14H15NO3S/c1-2-18-13-8-4-3-7-12(13)11-19(16,17)14-9-5-6-10-15-14/h3-10H,2,11H2,1H3. The Morgan fingerprint density at radius 1 is 1.11 bits per heavy atom. The highest BCUT2D eigenvalue weighted by atomic mass is 32.2. The zero-order chi connectivity index (χ0) is 13.7. The number of benzene rings is 1. The molecule has 0 radical (unpaired) electrons. The summed E-state index contributed by atoms with van der Waals surface area (Å²) in [6, 6.07) is 12.0. The second-order valence-corrected chi connectivity index (χ2v) is 5.90. The molecule has 1 aromatic heterocycles. The van der Waals surface area contributed by atoms with Crippen LogP contribution in [0.25, 0.3) is 0 Å². The van der Waals surface area contributed by atoms with Gasteiger partial charge in [0, 0.05) is 11.8 Å². The normalized spacial score (nSPS) is 11.2. The maximum Gasteiger partial charge on any atom is 0.199 e. The van der Waals surface area contributed by atoms with Crippen molar-refractivity contribution in [2.75, 3.05) is 6.61 Å². The minimum absolute atomic E-state index is 0.0845. The third-order valence-electron chi connectivity index (χ3n) is 2.57. The van der Waals surface area contributed by atoms with Crippen LogP contribution in [0.1, 0.15) is 12.5 Å². The molecule has 0 aliphatic rings. The number of nitrogens with zero attached hydrogens (tertiary/aromatic N) is 1. The van der Waals surface area contributed by atoms with Crippen LogP contribution in [-0.4, -0.2) is 20.0 Å². The van der Waals surface area contributed by atoms with E-state index in [1.165, 1.54) is 12.3 Å². The molecule has 5 heteroatoms. The highest BCUT2D eigenvalue weighted by Gasteiger charge is 2.18. The first kappa shape index (κ1) is 13.5. The van der Waals surface area contributed by atoms with Crippen LogP contribution in [0.2, 0.25) is 0 Å². The van der Waals surface area contributed by atoms with Crippen LogP contribution in [0.4, 0.5) is 0 Å².